The summed E-state index contributed by atoms with van der Waals surface area (Å²) < 4.78 is 87.5. The smallest absolute Gasteiger partial charge is 0.357 e. The molecule has 0 atom stereocenters. The Morgan fingerprint density at radius 3 is 2.52 bits per heavy atom. The zero-order valence-corrected chi connectivity index (χ0v) is 16.5. The van der Waals surface area contributed by atoms with Crippen LogP contribution in [-0.2, 0) is 16.6 Å². The van der Waals surface area contributed by atoms with Gasteiger partial charge in [-0.3, -0.25) is 4.57 Å². The van der Waals surface area contributed by atoms with Crippen LogP contribution in [0.1, 0.15) is 32.1 Å². The van der Waals surface area contributed by atoms with E-state index in [4.69, 9.17) is 0 Å². The van der Waals surface area contributed by atoms with Crippen LogP contribution in [0.3, 0.4) is 0 Å². The van der Waals surface area contributed by atoms with Crippen LogP contribution in [0, 0.1) is 5.92 Å². The molecule has 0 radical (unpaired) electrons. The van der Waals surface area contributed by atoms with E-state index in [0.717, 1.165) is 6.20 Å². The quantitative estimate of drug-likeness (QED) is 0.379. The molecule has 166 valence electrons. The van der Waals surface area contributed by atoms with Gasteiger partial charge in [0, 0.05) is 38.6 Å². The molecule has 0 saturated carbocycles. The summed E-state index contributed by atoms with van der Waals surface area (Å²) in [7, 11) is -5.30. The van der Waals surface area contributed by atoms with Crippen molar-refractivity contribution in [3.63, 3.8) is 0 Å². The summed E-state index contributed by atoms with van der Waals surface area (Å²) in [6.07, 6.45) is 2.92. The first-order chi connectivity index (χ1) is 13.6. The molecule has 0 amide bonds. The first-order valence-electron chi connectivity index (χ1n) is 8.94. The maximum atomic E-state index is 12.8. The van der Waals surface area contributed by atoms with E-state index in [9.17, 15) is 30.4 Å². The number of rotatable bonds is 7. The first-order valence-corrected chi connectivity index (χ1v) is 10.4. The molecule has 0 spiro atoms. The Labute approximate surface area is 165 Å². The van der Waals surface area contributed by atoms with Gasteiger partial charge in [0.25, 0.3) is 0 Å². The van der Waals surface area contributed by atoms with Crippen molar-refractivity contribution in [3.05, 3.63) is 18.2 Å². The molecule has 0 aliphatic carbocycles. The van der Waals surface area contributed by atoms with Crippen molar-refractivity contribution in [2.24, 2.45) is 10.9 Å². The second-order valence-electron chi connectivity index (χ2n) is 6.40. The van der Waals surface area contributed by atoms with Crippen molar-refractivity contribution >= 4 is 16.0 Å². The number of nitrogens with one attached hydrogen (secondary N) is 2. The summed E-state index contributed by atoms with van der Waals surface area (Å²) in [4.78, 5) is 8.03. The van der Waals surface area contributed by atoms with Gasteiger partial charge in [-0.15, -0.1) is 0 Å². The summed E-state index contributed by atoms with van der Waals surface area (Å²) in [5.74, 6) is 0.381. The summed E-state index contributed by atoms with van der Waals surface area (Å²) in [5, 5.41) is 5.96. The summed E-state index contributed by atoms with van der Waals surface area (Å²) in [6, 6.07) is 0. The molecule has 0 bridgehead atoms. The van der Waals surface area contributed by atoms with E-state index in [2.05, 4.69) is 20.6 Å². The number of halogens is 5. The van der Waals surface area contributed by atoms with E-state index < -0.39 is 22.1 Å². The number of guanidine groups is 1. The second-order valence-corrected chi connectivity index (χ2v) is 8.33. The molecule has 29 heavy (non-hydrogen) atoms. The van der Waals surface area contributed by atoms with E-state index in [1.54, 1.807) is 0 Å². The van der Waals surface area contributed by atoms with E-state index in [1.165, 1.54) is 6.20 Å². The average Bonchev–Trinajstić information content (AvgIpc) is 3.12. The van der Waals surface area contributed by atoms with Crippen molar-refractivity contribution in [1.29, 1.82) is 0 Å². The zero-order valence-electron chi connectivity index (χ0n) is 15.7. The number of nitrogens with zero attached hydrogens (tertiary/aromatic N) is 4. The Kier molecular flexibility index (Phi) is 7.80. The molecule has 2 rings (SSSR count). The van der Waals surface area contributed by atoms with Crippen molar-refractivity contribution in [1.82, 2.24) is 24.5 Å². The molecule has 0 unspecified atom stereocenters. The van der Waals surface area contributed by atoms with Gasteiger partial charge in [0.05, 0.1) is 0 Å². The fraction of sp³-hybridized carbons (Fsp3) is 0.733. The number of aliphatic imine (C=N–C) groups is 1. The largest absolute Gasteiger partial charge is 0.511 e. The predicted molar refractivity (Wildman–Crippen MR) is 95.6 cm³/mol. The number of imidazole rings is 1. The van der Waals surface area contributed by atoms with Crippen LogP contribution in [0.4, 0.5) is 22.0 Å². The highest BCUT2D eigenvalue weighted by atomic mass is 32.2. The van der Waals surface area contributed by atoms with Gasteiger partial charge in [-0.2, -0.15) is 26.3 Å². The van der Waals surface area contributed by atoms with Crippen LogP contribution >= 0.6 is 0 Å². The van der Waals surface area contributed by atoms with Gasteiger partial charge in [0.2, 0.25) is 0 Å². The van der Waals surface area contributed by atoms with Crippen LogP contribution in [-0.4, -0.2) is 59.9 Å². The second kappa shape index (κ2) is 9.69. The lowest BCUT2D eigenvalue weighted by Crippen LogP contribution is -2.47. The van der Waals surface area contributed by atoms with Crippen LogP contribution in [0.2, 0.25) is 0 Å². The fourth-order valence-electron chi connectivity index (χ4n) is 2.88. The van der Waals surface area contributed by atoms with Crippen LogP contribution in [0.5, 0.6) is 0 Å². The minimum absolute atomic E-state index is 0.0541. The van der Waals surface area contributed by atoms with Crippen molar-refractivity contribution in [2.75, 3.05) is 26.2 Å². The number of hydrogen-bond acceptors (Lipinski definition) is 4. The molecule has 8 nitrogen and oxygen atoms in total. The topological polar surface area (TPSA) is 91.6 Å². The van der Waals surface area contributed by atoms with Crippen molar-refractivity contribution < 1.29 is 30.4 Å². The summed E-state index contributed by atoms with van der Waals surface area (Å²) >= 11 is 0. The molecule has 1 aromatic heterocycles. The first kappa shape index (κ1) is 23.3. The summed E-state index contributed by atoms with van der Waals surface area (Å²) in [5.41, 5.74) is -5.30. The number of piperidine rings is 1. The number of aromatic nitrogens is 2. The van der Waals surface area contributed by atoms with Gasteiger partial charge in [0.1, 0.15) is 12.4 Å². The number of alkyl halides is 5. The lowest BCUT2D eigenvalue weighted by atomic mass is 9.98. The Balaban J connectivity index is 1.89. The highest BCUT2D eigenvalue weighted by Crippen LogP contribution is 2.30. The Hall–Kier alpha value is -1.96. The van der Waals surface area contributed by atoms with Gasteiger partial charge in [0.15, 0.2) is 5.96 Å². The Morgan fingerprint density at radius 2 is 1.97 bits per heavy atom. The molecular formula is C15H23F5N6O2S. The number of sulfonamides is 1. The van der Waals surface area contributed by atoms with Crippen molar-refractivity contribution in [2.45, 2.75) is 38.4 Å². The fourth-order valence-corrected chi connectivity index (χ4v) is 3.86. The van der Waals surface area contributed by atoms with Gasteiger partial charge < -0.3 is 10.6 Å². The van der Waals surface area contributed by atoms with Gasteiger partial charge in [-0.25, -0.2) is 18.4 Å². The molecule has 1 aliphatic rings. The third kappa shape index (κ3) is 6.01. The molecule has 2 N–H and O–H groups in total. The minimum atomic E-state index is -5.30. The van der Waals surface area contributed by atoms with Crippen LogP contribution in [0.25, 0.3) is 0 Å². The summed E-state index contributed by atoms with van der Waals surface area (Å²) in [6.45, 7) is -0.558. The Morgan fingerprint density at radius 1 is 1.31 bits per heavy atom. The Bertz CT molecular complexity index is 787. The normalized spacial score (nSPS) is 17.7. The van der Waals surface area contributed by atoms with Gasteiger partial charge in [-0.1, -0.05) is 0 Å². The SMILES string of the molecule is CCNC(=NCc1nccn1C(F)F)NCC1CCN(S(=O)(=O)C(F)(F)F)CC1. The lowest BCUT2D eigenvalue weighted by molar-refractivity contribution is -0.0496. The molecule has 1 fully saturated rings. The third-order valence-corrected chi connectivity index (χ3v) is 6.08. The zero-order chi connectivity index (χ0) is 21.7. The van der Waals surface area contributed by atoms with Crippen molar-refractivity contribution in [3.8, 4) is 0 Å². The van der Waals surface area contributed by atoms with Crippen LogP contribution < -0.4 is 10.6 Å². The average molecular weight is 446 g/mol. The lowest BCUT2D eigenvalue weighted by Gasteiger charge is -2.31. The monoisotopic (exact) mass is 446 g/mol. The molecule has 14 heteroatoms. The molecule has 1 aromatic rings. The minimum Gasteiger partial charge on any atom is -0.357 e. The van der Waals surface area contributed by atoms with Gasteiger partial charge in [-0.05, 0) is 25.7 Å². The third-order valence-electron chi connectivity index (χ3n) is 4.45. The maximum Gasteiger partial charge on any atom is 0.511 e. The van der Waals surface area contributed by atoms with E-state index >= 15 is 0 Å². The highest BCUT2D eigenvalue weighted by molar-refractivity contribution is 7.90. The number of hydrogen-bond donors (Lipinski definition) is 2. The molecule has 1 aliphatic heterocycles. The molecule has 2 heterocycles. The predicted octanol–water partition coefficient (Wildman–Crippen LogP) is 1.89. The van der Waals surface area contributed by atoms with E-state index in [1.807, 2.05) is 6.92 Å². The van der Waals surface area contributed by atoms with Gasteiger partial charge >= 0.3 is 22.1 Å². The van der Waals surface area contributed by atoms with E-state index in [-0.39, 0.29) is 44.2 Å². The standard InChI is InChI=1S/C15H23F5N6O2S/c1-2-21-14(24-10-12-22-5-8-26(12)13(16)17)23-9-11-3-6-25(7-4-11)29(27,28)15(18,19)20/h5,8,11,13H,2-4,6-7,9-10H2,1H3,(H2,21,23,24). The highest BCUT2D eigenvalue weighted by Gasteiger charge is 2.50. The van der Waals surface area contributed by atoms with Crippen LogP contribution in [0.15, 0.2) is 17.4 Å². The molecule has 1 saturated heterocycles. The molecule has 0 aromatic carbocycles. The van der Waals surface area contributed by atoms with E-state index in [0.29, 0.717) is 27.9 Å². The molecular weight excluding hydrogens is 423 g/mol. The maximum absolute atomic E-state index is 12.8.